The first-order chi connectivity index (χ1) is 12.7. The van der Waals surface area contributed by atoms with E-state index in [0.717, 1.165) is 22.5 Å². The third-order valence-corrected chi connectivity index (χ3v) is 5.35. The van der Waals surface area contributed by atoms with E-state index in [4.69, 9.17) is 16.3 Å². The van der Waals surface area contributed by atoms with Gasteiger partial charge in [-0.2, -0.15) is 0 Å². The van der Waals surface area contributed by atoms with Crippen LogP contribution in [0.3, 0.4) is 0 Å². The largest absolute Gasteiger partial charge is 0.444 e. The summed E-state index contributed by atoms with van der Waals surface area (Å²) in [5.41, 5.74) is 2.44. The molecule has 1 N–H and O–H groups in total. The summed E-state index contributed by atoms with van der Waals surface area (Å²) in [6.45, 7) is 6.69. The number of fused-ring (bicyclic) bond motifs is 1. The number of amides is 2. The quantitative estimate of drug-likeness (QED) is 0.790. The van der Waals surface area contributed by atoms with Crippen LogP contribution < -0.4 is 5.32 Å². The minimum Gasteiger partial charge on any atom is -0.444 e. The van der Waals surface area contributed by atoms with Crippen molar-refractivity contribution < 1.29 is 14.3 Å². The van der Waals surface area contributed by atoms with Gasteiger partial charge in [0.05, 0.1) is 10.8 Å². The van der Waals surface area contributed by atoms with Crippen LogP contribution in [0.2, 0.25) is 4.34 Å². The molecule has 2 amide bonds. The topological polar surface area (TPSA) is 58.6 Å². The number of thiophene rings is 1. The van der Waals surface area contributed by atoms with Gasteiger partial charge in [0, 0.05) is 23.7 Å². The number of carbonyl (C=O) groups excluding carboxylic acids is 2. The number of benzene rings is 1. The lowest BCUT2D eigenvalue weighted by atomic mass is 9.99. The number of ether oxygens (including phenoxy) is 1. The van der Waals surface area contributed by atoms with Crippen LogP contribution in [0.4, 0.5) is 10.5 Å². The fourth-order valence-corrected chi connectivity index (χ4v) is 4.01. The molecule has 0 saturated carbocycles. The van der Waals surface area contributed by atoms with Gasteiger partial charge in [0.15, 0.2) is 0 Å². The Hall–Kier alpha value is -2.05. The summed E-state index contributed by atoms with van der Waals surface area (Å²) in [4.78, 5) is 27.2. The lowest BCUT2D eigenvalue weighted by Crippen LogP contribution is -2.39. The monoisotopic (exact) mass is 406 g/mol. The fraction of sp³-hybridized carbons (Fsp3) is 0.400. The Labute approximate surface area is 168 Å². The molecule has 0 bridgehead atoms. The molecular formula is C20H23ClN2O3S. The molecule has 144 valence electrons. The molecular weight excluding hydrogens is 384 g/mol. The molecule has 0 spiro atoms. The lowest BCUT2D eigenvalue weighted by Gasteiger charge is -2.31. The van der Waals surface area contributed by atoms with Crippen molar-refractivity contribution in [3.8, 4) is 0 Å². The summed E-state index contributed by atoms with van der Waals surface area (Å²) in [7, 11) is 0. The van der Waals surface area contributed by atoms with Crippen molar-refractivity contribution in [2.75, 3.05) is 11.9 Å². The predicted molar refractivity (Wildman–Crippen MR) is 108 cm³/mol. The summed E-state index contributed by atoms with van der Waals surface area (Å²) >= 11 is 7.31. The van der Waals surface area contributed by atoms with Gasteiger partial charge >= 0.3 is 6.09 Å². The molecule has 7 heteroatoms. The van der Waals surface area contributed by atoms with E-state index in [9.17, 15) is 9.59 Å². The number of halogens is 1. The Morgan fingerprint density at radius 3 is 2.67 bits per heavy atom. The molecule has 1 aliphatic heterocycles. The Bertz CT molecular complexity index is 857. The van der Waals surface area contributed by atoms with Crippen molar-refractivity contribution in [2.45, 2.75) is 45.8 Å². The van der Waals surface area contributed by atoms with Crippen LogP contribution >= 0.6 is 22.9 Å². The first-order valence-corrected chi connectivity index (χ1v) is 10.0. The van der Waals surface area contributed by atoms with Crippen LogP contribution in [-0.2, 0) is 28.9 Å². The highest BCUT2D eigenvalue weighted by atomic mass is 35.5. The molecule has 27 heavy (non-hydrogen) atoms. The van der Waals surface area contributed by atoms with Crippen molar-refractivity contribution >= 4 is 40.6 Å². The molecule has 0 saturated heterocycles. The highest BCUT2D eigenvalue weighted by molar-refractivity contribution is 7.16. The molecule has 0 aliphatic carbocycles. The summed E-state index contributed by atoms with van der Waals surface area (Å²) < 4.78 is 6.14. The predicted octanol–water partition coefficient (Wildman–Crippen LogP) is 4.88. The smallest absolute Gasteiger partial charge is 0.410 e. The molecule has 2 aromatic rings. The average Bonchev–Trinajstić information content (AvgIpc) is 2.97. The van der Waals surface area contributed by atoms with Gasteiger partial charge in [0.1, 0.15) is 5.60 Å². The van der Waals surface area contributed by atoms with Crippen molar-refractivity contribution in [2.24, 2.45) is 0 Å². The van der Waals surface area contributed by atoms with Crippen molar-refractivity contribution in [3.05, 3.63) is 50.7 Å². The number of rotatable bonds is 3. The zero-order valence-corrected chi connectivity index (χ0v) is 17.2. The molecule has 0 fully saturated rings. The second kappa shape index (κ2) is 7.90. The maximum absolute atomic E-state index is 12.3. The zero-order valence-electron chi connectivity index (χ0n) is 15.7. The van der Waals surface area contributed by atoms with E-state index in [2.05, 4.69) is 5.32 Å². The van der Waals surface area contributed by atoms with Crippen LogP contribution in [-0.4, -0.2) is 29.0 Å². The molecule has 5 nitrogen and oxygen atoms in total. The van der Waals surface area contributed by atoms with E-state index in [1.165, 1.54) is 16.9 Å². The molecule has 1 aromatic heterocycles. The summed E-state index contributed by atoms with van der Waals surface area (Å²) in [6.07, 6.45) is 0.756. The molecule has 1 aromatic carbocycles. The van der Waals surface area contributed by atoms with E-state index in [1.54, 1.807) is 11.0 Å². The van der Waals surface area contributed by atoms with Crippen LogP contribution in [0.5, 0.6) is 0 Å². The van der Waals surface area contributed by atoms with Gasteiger partial charge in [-0.05, 0) is 62.6 Å². The van der Waals surface area contributed by atoms with Crippen LogP contribution in [0, 0.1) is 0 Å². The Morgan fingerprint density at radius 2 is 2.00 bits per heavy atom. The molecule has 2 heterocycles. The zero-order chi connectivity index (χ0) is 19.6. The molecule has 1 aliphatic rings. The second-order valence-electron chi connectivity index (χ2n) is 7.57. The lowest BCUT2D eigenvalue weighted by molar-refractivity contribution is -0.115. The number of hydrogen-bond acceptors (Lipinski definition) is 4. The Kier molecular flexibility index (Phi) is 5.77. The molecule has 3 rings (SSSR count). The second-order valence-corrected chi connectivity index (χ2v) is 9.37. The SMILES string of the molecule is CC(C)(C)OC(=O)N1CCc2ccc(NC(=O)Cc3ccc(Cl)s3)cc2C1. The number of anilines is 1. The highest BCUT2D eigenvalue weighted by Crippen LogP contribution is 2.25. The van der Waals surface area contributed by atoms with Crippen LogP contribution in [0.25, 0.3) is 0 Å². The van der Waals surface area contributed by atoms with Gasteiger partial charge < -0.3 is 15.0 Å². The Morgan fingerprint density at radius 1 is 1.22 bits per heavy atom. The average molecular weight is 407 g/mol. The number of nitrogens with zero attached hydrogens (tertiary/aromatic N) is 1. The Balaban J connectivity index is 1.65. The fourth-order valence-electron chi connectivity index (χ4n) is 2.93. The first kappa shape index (κ1) is 19.7. The first-order valence-electron chi connectivity index (χ1n) is 8.83. The van der Waals surface area contributed by atoms with E-state index in [0.29, 0.717) is 23.8 Å². The standard InChI is InChI=1S/C20H23ClN2O3S/c1-20(2,3)26-19(25)23-9-8-13-4-5-15(10-14(13)12-23)22-18(24)11-16-6-7-17(21)27-16/h4-7,10H,8-9,11-12H2,1-3H3,(H,22,24). The van der Waals surface area contributed by atoms with Crippen LogP contribution in [0.1, 0.15) is 36.8 Å². The van der Waals surface area contributed by atoms with Crippen molar-refractivity contribution in [3.63, 3.8) is 0 Å². The third-order valence-electron chi connectivity index (χ3n) is 4.12. The van der Waals surface area contributed by atoms with Gasteiger partial charge in [0.2, 0.25) is 5.91 Å². The van der Waals surface area contributed by atoms with E-state index in [1.807, 2.05) is 45.0 Å². The minimum atomic E-state index is -0.516. The number of nitrogens with one attached hydrogen (secondary N) is 1. The molecule has 0 radical (unpaired) electrons. The maximum atomic E-state index is 12.3. The summed E-state index contributed by atoms with van der Waals surface area (Å²) in [5.74, 6) is -0.0896. The number of carbonyl (C=O) groups is 2. The minimum absolute atomic E-state index is 0.0896. The molecule has 0 atom stereocenters. The number of hydrogen-bond donors (Lipinski definition) is 1. The van der Waals surface area contributed by atoms with Gasteiger partial charge in [0.25, 0.3) is 0 Å². The van der Waals surface area contributed by atoms with Crippen LogP contribution in [0.15, 0.2) is 30.3 Å². The van der Waals surface area contributed by atoms with Gasteiger partial charge in [-0.3, -0.25) is 4.79 Å². The maximum Gasteiger partial charge on any atom is 0.410 e. The third kappa shape index (κ3) is 5.47. The van der Waals surface area contributed by atoms with Crippen molar-refractivity contribution in [1.82, 2.24) is 4.90 Å². The molecule has 0 unspecified atom stereocenters. The van der Waals surface area contributed by atoms with E-state index in [-0.39, 0.29) is 12.0 Å². The van der Waals surface area contributed by atoms with Gasteiger partial charge in [-0.25, -0.2) is 4.79 Å². The van der Waals surface area contributed by atoms with E-state index >= 15 is 0 Å². The van der Waals surface area contributed by atoms with Gasteiger partial charge in [-0.15, -0.1) is 11.3 Å². The highest BCUT2D eigenvalue weighted by Gasteiger charge is 2.25. The summed E-state index contributed by atoms with van der Waals surface area (Å²) in [5, 5.41) is 2.92. The van der Waals surface area contributed by atoms with E-state index < -0.39 is 5.60 Å². The summed E-state index contributed by atoms with van der Waals surface area (Å²) in [6, 6.07) is 9.50. The normalized spacial score (nSPS) is 13.9. The van der Waals surface area contributed by atoms with Gasteiger partial charge in [-0.1, -0.05) is 17.7 Å². The van der Waals surface area contributed by atoms with Crippen molar-refractivity contribution in [1.29, 1.82) is 0 Å².